The lowest BCUT2D eigenvalue weighted by Crippen LogP contribution is -2.43. The van der Waals surface area contributed by atoms with Gasteiger partial charge in [-0.3, -0.25) is 0 Å². The van der Waals surface area contributed by atoms with Crippen molar-refractivity contribution < 1.29 is 14.6 Å². The summed E-state index contributed by atoms with van der Waals surface area (Å²) in [6.07, 6.45) is 3.22. The molecule has 0 saturated heterocycles. The summed E-state index contributed by atoms with van der Waals surface area (Å²) in [6, 6.07) is 2.10. The van der Waals surface area contributed by atoms with Crippen molar-refractivity contribution in [3.05, 3.63) is 33.7 Å². The minimum absolute atomic E-state index is 0.132. The van der Waals surface area contributed by atoms with E-state index in [1.54, 1.807) is 11.3 Å². The first-order chi connectivity index (χ1) is 8.93. The predicted octanol–water partition coefficient (Wildman–Crippen LogP) is 3.77. The van der Waals surface area contributed by atoms with Crippen LogP contribution in [0.25, 0.3) is 0 Å². The molecule has 1 atom stereocenters. The van der Waals surface area contributed by atoms with Crippen molar-refractivity contribution in [2.45, 2.75) is 45.6 Å². The molecule has 1 aliphatic rings. The zero-order valence-electron chi connectivity index (χ0n) is 11.6. The lowest BCUT2D eigenvalue weighted by atomic mass is 9.80. The number of rotatable bonds is 4. The first-order valence-electron chi connectivity index (χ1n) is 6.58. The molecule has 1 unspecified atom stereocenters. The number of hydrogen-bond donors (Lipinski definition) is 1. The average Bonchev–Trinajstić information content (AvgIpc) is 2.71. The van der Waals surface area contributed by atoms with E-state index in [2.05, 4.69) is 18.4 Å². The standard InChI is InChI=1S/C15H20O3S/c1-10(2)15(9-12(16)8-14(17)18-15)6-4-13-11(3)5-7-19-13/h5,7-8,10,16H,4,6,9H2,1-3H3. The molecule has 1 aromatic rings. The summed E-state index contributed by atoms with van der Waals surface area (Å²) < 4.78 is 5.57. The van der Waals surface area contributed by atoms with Crippen LogP contribution in [0.4, 0.5) is 0 Å². The number of aryl methyl sites for hydroxylation is 2. The summed E-state index contributed by atoms with van der Waals surface area (Å²) in [6.45, 7) is 6.17. The van der Waals surface area contributed by atoms with Crippen LogP contribution < -0.4 is 0 Å². The third kappa shape index (κ3) is 3.00. The molecule has 104 valence electrons. The van der Waals surface area contributed by atoms with Crippen molar-refractivity contribution in [2.24, 2.45) is 5.92 Å². The molecule has 0 bridgehead atoms. The van der Waals surface area contributed by atoms with Gasteiger partial charge in [0.05, 0.1) is 6.08 Å². The van der Waals surface area contributed by atoms with Gasteiger partial charge in [-0.1, -0.05) is 13.8 Å². The van der Waals surface area contributed by atoms with E-state index < -0.39 is 11.6 Å². The molecule has 0 fully saturated rings. The number of aliphatic hydroxyl groups excluding tert-OH is 1. The van der Waals surface area contributed by atoms with E-state index in [1.165, 1.54) is 16.5 Å². The molecule has 2 rings (SSSR count). The molecule has 2 heterocycles. The van der Waals surface area contributed by atoms with E-state index in [9.17, 15) is 9.90 Å². The highest BCUT2D eigenvalue weighted by Crippen LogP contribution is 2.37. The molecule has 1 aliphatic heterocycles. The first-order valence-corrected chi connectivity index (χ1v) is 7.46. The van der Waals surface area contributed by atoms with E-state index in [-0.39, 0.29) is 11.7 Å². The molecule has 0 aromatic carbocycles. The molecule has 0 saturated carbocycles. The summed E-state index contributed by atoms with van der Waals surface area (Å²) in [5.74, 6) is -0.124. The Balaban J connectivity index is 2.15. The molecular weight excluding hydrogens is 260 g/mol. The molecule has 19 heavy (non-hydrogen) atoms. The van der Waals surface area contributed by atoms with Crippen LogP contribution in [0.15, 0.2) is 23.3 Å². The van der Waals surface area contributed by atoms with Gasteiger partial charge in [-0.25, -0.2) is 4.79 Å². The van der Waals surface area contributed by atoms with Crippen molar-refractivity contribution in [2.75, 3.05) is 0 Å². The number of carbonyl (C=O) groups excluding carboxylic acids is 1. The fourth-order valence-electron chi connectivity index (χ4n) is 2.49. The van der Waals surface area contributed by atoms with Gasteiger partial charge in [0.2, 0.25) is 0 Å². The van der Waals surface area contributed by atoms with Crippen LogP contribution in [-0.2, 0) is 16.0 Å². The van der Waals surface area contributed by atoms with Crippen LogP contribution in [0.1, 0.15) is 37.1 Å². The van der Waals surface area contributed by atoms with Crippen molar-refractivity contribution in [3.8, 4) is 0 Å². The minimum Gasteiger partial charge on any atom is -0.512 e. The van der Waals surface area contributed by atoms with Gasteiger partial charge in [-0.05, 0) is 42.7 Å². The number of esters is 1. The molecule has 1 aromatic heterocycles. The number of carbonyl (C=O) groups is 1. The van der Waals surface area contributed by atoms with E-state index in [1.807, 2.05) is 13.8 Å². The Kier molecular flexibility index (Phi) is 3.99. The molecule has 0 amide bonds. The lowest BCUT2D eigenvalue weighted by molar-refractivity contribution is -0.163. The van der Waals surface area contributed by atoms with Gasteiger partial charge < -0.3 is 9.84 Å². The van der Waals surface area contributed by atoms with E-state index in [0.717, 1.165) is 12.8 Å². The Labute approximate surface area is 117 Å². The van der Waals surface area contributed by atoms with Crippen molar-refractivity contribution >= 4 is 17.3 Å². The number of hydrogen-bond acceptors (Lipinski definition) is 4. The number of ether oxygens (including phenoxy) is 1. The summed E-state index contributed by atoms with van der Waals surface area (Å²) in [5, 5.41) is 11.8. The van der Waals surface area contributed by atoms with Gasteiger partial charge in [0.1, 0.15) is 11.4 Å². The Morgan fingerprint density at radius 1 is 1.53 bits per heavy atom. The van der Waals surface area contributed by atoms with E-state index >= 15 is 0 Å². The fraction of sp³-hybridized carbons (Fsp3) is 0.533. The third-order valence-corrected chi connectivity index (χ3v) is 4.95. The SMILES string of the molecule is Cc1ccsc1CCC1(C(C)C)CC(O)=CC(=O)O1. The molecule has 4 heteroatoms. The van der Waals surface area contributed by atoms with Crippen LogP contribution in [-0.4, -0.2) is 16.7 Å². The zero-order chi connectivity index (χ0) is 14.0. The third-order valence-electron chi connectivity index (χ3n) is 3.86. The van der Waals surface area contributed by atoms with Crippen LogP contribution in [0, 0.1) is 12.8 Å². The molecule has 0 radical (unpaired) electrons. The van der Waals surface area contributed by atoms with E-state index in [0.29, 0.717) is 6.42 Å². The number of cyclic esters (lactones) is 1. The monoisotopic (exact) mass is 280 g/mol. The fourth-order valence-corrected chi connectivity index (χ4v) is 3.41. The number of aliphatic hydroxyl groups is 1. The molecule has 0 spiro atoms. The van der Waals surface area contributed by atoms with Gasteiger partial charge in [-0.2, -0.15) is 0 Å². The summed E-state index contributed by atoms with van der Waals surface area (Å²) in [4.78, 5) is 12.9. The predicted molar refractivity (Wildman–Crippen MR) is 76.4 cm³/mol. The minimum atomic E-state index is -0.577. The van der Waals surface area contributed by atoms with Gasteiger partial charge in [-0.15, -0.1) is 11.3 Å². The highest BCUT2D eigenvalue weighted by molar-refractivity contribution is 7.10. The average molecular weight is 280 g/mol. The second-order valence-corrected chi connectivity index (χ2v) is 6.48. The second kappa shape index (κ2) is 5.37. The maximum absolute atomic E-state index is 11.6. The zero-order valence-corrected chi connectivity index (χ0v) is 12.4. The Morgan fingerprint density at radius 2 is 2.26 bits per heavy atom. The largest absolute Gasteiger partial charge is 0.512 e. The number of thiophene rings is 1. The second-order valence-electron chi connectivity index (χ2n) is 5.48. The van der Waals surface area contributed by atoms with Crippen LogP contribution in [0.5, 0.6) is 0 Å². The van der Waals surface area contributed by atoms with Gasteiger partial charge in [0.15, 0.2) is 0 Å². The molecular formula is C15H20O3S. The maximum atomic E-state index is 11.6. The van der Waals surface area contributed by atoms with Crippen LogP contribution in [0.3, 0.4) is 0 Å². The summed E-state index contributed by atoms with van der Waals surface area (Å²) in [5.41, 5.74) is 0.706. The van der Waals surface area contributed by atoms with Gasteiger partial charge in [0, 0.05) is 11.3 Å². The van der Waals surface area contributed by atoms with Crippen LogP contribution in [0.2, 0.25) is 0 Å². The molecule has 3 nitrogen and oxygen atoms in total. The summed E-state index contributed by atoms with van der Waals surface area (Å²) >= 11 is 1.73. The van der Waals surface area contributed by atoms with Gasteiger partial charge in [0.25, 0.3) is 0 Å². The molecule has 0 aliphatic carbocycles. The first kappa shape index (κ1) is 14.1. The van der Waals surface area contributed by atoms with Gasteiger partial charge >= 0.3 is 5.97 Å². The van der Waals surface area contributed by atoms with Crippen molar-refractivity contribution in [1.82, 2.24) is 0 Å². The van der Waals surface area contributed by atoms with Crippen LogP contribution >= 0.6 is 11.3 Å². The maximum Gasteiger partial charge on any atom is 0.334 e. The topological polar surface area (TPSA) is 46.5 Å². The van der Waals surface area contributed by atoms with E-state index in [4.69, 9.17) is 4.74 Å². The quantitative estimate of drug-likeness (QED) is 0.854. The van der Waals surface area contributed by atoms with Crippen molar-refractivity contribution in [3.63, 3.8) is 0 Å². The smallest absolute Gasteiger partial charge is 0.334 e. The summed E-state index contributed by atoms with van der Waals surface area (Å²) in [7, 11) is 0. The Morgan fingerprint density at radius 3 is 2.79 bits per heavy atom. The highest BCUT2D eigenvalue weighted by Gasteiger charge is 2.41. The Hall–Kier alpha value is -1.29. The normalized spacial score (nSPS) is 23.4. The Bertz CT molecular complexity index is 501. The lowest BCUT2D eigenvalue weighted by Gasteiger charge is -2.39. The van der Waals surface area contributed by atoms with Crippen molar-refractivity contribution in [1.29, 1.82) is 0 Å². The highest BCUT2D eigenvalue weighted by atomic mass is 32.1. The molecule has 1 N–H and O–H groups in total.